The molecule has 4 rings (SSSR count). The molecule has 0 radical (unpaired) electrons. The fourth-order valence-corrected chi connectivity index (χ4v) is 4.04. The molecule has 156 valence electrons. The van der Waals surface area contributed by atoms with Gasteiger partial charge in [0.05, 0.1) is 25.0 Å². The molecule has 2 aromatic rings. The number of likely N-dealkylation sites (tertiary alicyclic amines) is 1. The Morgan fingerprint density at radius 3 is 2.52 bits per heavy atom. The summed E-state index contributed by atoms with van der Waals surface area (Å²) in [4.78, 5) is 26.8. The highest BCUT2D eigenvalue weighted by molar-refractivity contribution is 5.95. The molecule has 0 unspecified atom stereocenters. The fourth-order valence-electron chi connectivity index (χ4n) is 4.04. The van der Waals surface area contributed by atoms with Crippen LogP contribution in [0, 0.1) is 6.92 Å². The highest BCUT2D eigenvalue weighted by Crippen LogP contribution is 2.28. The maximum atomic E-state index is 12.9. The third-order valence-corrected chi connectivity index (χ3v) is 6.09. The van der Waals surface area contributed by atoms with Crippen LogP contribution in [-0.4, -0.2) is 69.9 Å². The summed E-state index contributed by atoms with van der Waals surface area (Å²) < 4.78 is 7.22. The van der Waals surface area contributed by atoms with Gasteiger partial charge in [-0.2, -0.15) is 5.10 Å². The van der Waals surface area contributed by atoms with Gasteiger partial charge in [0.2, 0.25) is 0 Å². The number of anilines is 1. The van der Waals surface area contributed by atoms with Gasteiger partial charge in [-0.15, -0.1) is 0 Å². The van der Waals surface area contributed by atoms with Crippen molar-refractivity contribution in [1.82, 2.24) is 24.6 Å². The van der Waals surface area contributed by atoms with Gasteiger partial charge in [0.1, 0.15) is 11.6 Å². The normalized spacial score (nSPS) is 18.3. The molecule has 4 heterocycles. The molecule has 0 N–H and O–H groups in total. The molecule has 0 atom stereocenters. The number of hydrogen-bond acceptors (Lipinski definition) is 6. The predicted octanol–water partition coefficient (Wildman–Crippen LogP) is 1.94. The zero-order valence-electron chi connectivity index (χ0n) is 17.6. The van der Waals surface area contributed by atoms with E-state index in [9.17, 15) is 4.79 Å². The van der Waals surface area contributed by atoms with Gasteiger partial charge in [-0.3, -0.25) is 9.48 Å². The second-order valence-electron chi connectivity index (χ2n) is 7.86. The summed E-state index contributed by atoms with van der Waals surface area (Å²) in [6.07, 6.45) is 4.35. The molecule has 0 spiro atoms. The third-order valence-electron chi connectivity index (χ3n) is 6.09. The molecule has 0 saturated carbocycles. The van der Waals surface area contributed by atoms with E-state index in [4.69, 9.17) is 14.7 Å². The molecule has 2 aromatic heterocycles. The van der Waals surface area contributed by atoms with Crippen LogP contribution in [0.15, 0.2) is 12.3 Å². The summed E-state index contributed by atoms with van der Waals surface area (Å²) in [6, 6.07) is 2.11. The van der Waals surface area contributed by atoms with Crippen molar-refractivity contribution in [3.63, 3.8) is 0 Å². The molecule has 0 bridgehead atoms. The average molecular weight is 399 g/mol. The number of piperidine rings is 1. The van der Waals surface area contributed by atoms with Crippen molar-refractivity contribution >= 4 is 11.7 Å². The van der Waals surface area contributed by atoms with Gasteiger partial charge in [0, 0.05) is 56.6 Å². The smallest absolute Gasteiger partial charge is 0.257 e. The Morgan fingerprint density at radius 2 is 1.90 bits per heavy atom. The topological polar surface area (TPSA) is 76.4 Å². The van der Waals surface area contributed by atoms with Gasteiger partial charge in [-0.05, 0) is 26.2 Å². The quantitative estimate of drug-likeness (QED) is 0.783. The highest BCUT2D eigenvalue weighted by atomic mass is 16.5. The lowest BCUT2D eigenvalue weighted by Crippen LogP contribution is -2.39. The largest absolute Gasteiger partial charge is 0.378 e. The lowest BCUT2D eigenvalue weighted by molar-refractivity contribution is 0.0710. The van der Waals surface area contributed by atoms with Gasteiger partial charge >= 0.3 is 0 Å². The number of aryl methyl sites for hydroxylation is 2. The summed E-state index contributed by atoms with van der Waals surface area (Å²) in [7, 11) is 1.86. The van der Waals surface area contributed by atoms with Crippen molar-refractivity contribution in [3.8, 4) is 0 Å². The number of carbonyl (C=O) groups excluding carboxylic acids is 1. The van der Waals surface area contributed by atoms with Crippen LogP contribution in [-0.2, 0) is 18.2 Å². The third kappa shape index (κ3) is 4.12. The van der Waals surface area contributed by atoms with Crippen LogP contribution in [0.2, 0.25) is 0 Å². The first-order chi connectivity index (χ1) is 14.1. The molecule has 8 nitrogen and oxygen atoms in total. The number of hydrogen-bond donors (Lipinski definition) is 0. The minimum Gasteiger partial charge on any atom is -0.378 e. The molecule has 0 aromatic carbocycles. The first-order valence-electron chi connectivity index (χ1n) is 10.5. The van der Waals surface area contributed by atoms with Crippen molar-refractivity contribution in [3.05, 3.63) is 35.0 Å². The van der Waals surface area contributed by atoms with E-state index in [0.717, 1.165) is 81.7 Å². The van der Waals surface area contributed by atoms with Crippen molar-refractivity contribution in [2.45, 2.75) is 39.0 Å². The van der Waals surface area contributed by atoms with Gasteiger partial charge < -0.3 is 14.5 Å². The van der Waals surface area contributed by atoms with E-state index in [1.807, 2.05) is 18.9 Å². The van der Waals surface area contributed by atoms with Crippen LogP contribution in [0.3, 0.4) is 0 Å². The van der Waals surface area contributed by atoms with Crippen molar-refractivity contribution < 1.29 is 9.53 Å². The summed E-state index contributed by atoms with van der Waals surface area (Å²) >= 11 is 0. The second-order valence-corrected chi connectivity index (χ2v) is 7.86. The Labute approximate surface area is 171 Å². The average Bonchev–Trinajstić information content (AvgIpc) is 3.12. The molecular formula is C21H30N6O2. The maximum Gasteiger partial charge on any atom is 0.257 e. The van der Waals surface area contributed by atoms with Crippen LogP contribution in [0.4, 0.5) is 5.82 Å². The number of carbonyl (C=O) groups is 1. The van der Waals surface area contributed by atoms with Crippen LogP contribution in [0.5, 0.6) is 0 Å². The summed E-state index contributed by atoms with van der Waals surface area (Å²) in [5.41, 5.74) is 2.69. The van der Waals surface area contributed by atoms with Gasteiger partial charge in [-0.25, -0.2) is 9.97 Å². The second kappa shape index (κ2) is 8.49. The van der Waals surface area contributed by atoms with Crippen LogP contribution < -0.4 is 4.90 Å². The predicted molar refractivity (Wildman–Crippen MR) is 110 cm³/mol. The molecule has 2 saturated heterocycles. The number of morpholine rings is 1. The maximum absolute atomic E-state index is 12.9. The Bertz CT molecular complexity index is 866. The van der Waals surface area contributed by atoms with Gasteiger partial charge in [0.25, 0.3) is 5.91 Å². The van der Waals surface area contributed by atoms with Crippen LogP contribution in [0.25, 0.3) is 0 Å². The molecular weight excluding hydrogens is 368 g/mol. The zero-order chi connectivity index (χ0) is 20.4. The van der Waals surface area contributed by atoms with E-state index in [1.165, 1.54) is 0 Å². The van der Waals surface area contributed by atoms with Gasteiger partial charge in [-0.1, -0.05) is 6.92 Å². The highest BCUT2D eigenvalue weighted by Gasteiger charge is 2.28. The van der Waals surface area contributed by atoms with Crippen molar-refractivity contribution in [2.75, 3.05) is 44.3 Å². The van der Waals surface area contributed by atoms with Gasteiger partial charge in [0.15, 0.2) is 0 Å². The van der Waals surface area contributed by atoms with E-state index >= 15 is 0 Å². The van der Waals surface area contributed by atoms with E-state index in [2.05, 4.69) is 23.0 Å². The number of ether oxygens (including phenoxy) is 1. The molecule has 2 aliphatic heterocycles. The summed E-state index contributed by atoms with van der Waals surface area (Å²) in [5.74, 6) is 2.31. The number of aromatic nitrogens is 4. The minimum atomic E-state index is 0.0753. The Balaban J connectivity index is 1.46. The molecule has 8 heteroatoms. The monoisotopic (exact) mass is 398 g/mol. The number of rotatable bonds is 4. The van der Waals surface area contributed by atoms with Crippen molar-refractivity contribution in [2.24, 2.45) is 7.05 Å². The molecule has 2 aliphatic rings. The summed E-state index contributed by atoms with van der Waals surface area (Å²) in [6.45, 7) is 8.75. The Kier molecular flexibility index (Phi) is 5.80. The first-order valence-corrected chi connectivity index (χ1v) is 10.5. The minimum absolute atomic E-state index is 0.0753. The lowest BCUT2D eigenvalue weighted by atomic mass is 9.95. The number of nitrogens with zero attached hydrogens (tertiary/aromatic N) is 6. The first kappa shape index (κ1) is 19.8. The van der Waals surface area contributed by atoms with Crippen LogP contribution in [0.1, 0.15) is 53.3 Å². The SMILES string of the molecule is CCc1cc(N2CCOCC2)nc(C2CCN(C(=O)c3cnn(C)c3C)CC2)n1. The van der Waals surface area contributed by atoms with E-state index in [0.29, 0.717) is 11.5 Å². The Morgan fingerprint density at radius 1 is 1.17 bits per heavy atom. The standard InChI is InChI=1S/C21H30N6O2/c1-4-17-13-19(26-9-11-29-12-10-26)24-20(23-17)16-5-7-27(8-6-16)21(28)18-14-22-25(3)15(18)2/h13-14,16H,4-12H2,1-3H3. The van der Waals surface area contributed by atoms with Crippen molar-refractivity contribution in [1.29, 1.82) is 0 Å². The molecule has 2 fully saturated rings. The zero-order valence-corrected chi connectivity index (χ0v) is 17.6. The fraction of sp³-hybridized carbons (Fsp3) is 0.619. The lowest BCUT2D eigenvalue weighted by Gasteiger charge is -2.32. The molecule has 0 aliphatic carbocycles. The molecule has 29 heavy (non-hydrogen) atoms. The number of amides is 1. The molecule has 1 amide bonds. The van der Waals surface area contributed by atoms with E-state index in [1.54, 1.807) is 10.9 Å². The summed E-state index contributed by atoms with van der Waals surface area (Å²) in [5, 5.41) is 4.20. The van der Waals surface area contributed by atoms with E-state index in [-0.39, 0.29) is 5.91 Å². The van der Waals surface area contributed by atoms with E-state index < -0.39 is 0 Å². The Hall–Kier alpha value is -2.48. The van der Waals surface area contributed by atoms with Crippen LogP contribution >= 0.6 is 0 Å².